The van der Waals surface area contributed by atoms with Gasteiger partial charge in [0.1, 0.15) is 0 Å². The maximum Gasteiger partial charge on any atom is 0.510 e. The second-order valence-electron chi connectivity index (χ2n) is 1.83. The van der Waals surface area contributed by atoms with Crippen LogP contribution in [0.3, 0.4) is 0 Å². The van der Waals surface area contributed by atoms with E-state index in [1.54, 1.807) is 11.5 Å². The number of cyclic esters (lactones) is 2. The molecule has 0 amide bonds. The second kappa shape index (κ2) is 4.25. The minimum Gasteiger partial charge on any atom is -0.428 e. The molecule has 0 aromatic heterocycles. The Morgan fingerprint density at radius 3 is 3.18 bits per heavy atom. The third-order valence-corrected chi connectivity index (χ3v) is 1.26. The van der Waals surface area contributed by atoms with Gasteiger partial charge in [0.25, 0.3) is 0 Å². The number of thiol groups is 1. The molecule has 1 unspecified atom stereocenters. The fraction of sp³-hybridized carbons (Fsp3) is 0.500. The quantitative estimate of drug-likeness (QED) is 0.513. The largest absolute Gasteiger partial charge is 0.510 e. The molecule has 11 heavy (non-hydrogen) atoms. The molecular formula is C6H8O4S. The first kappa shape index (κ1) is 8.42. The Hall–Kier alpha value is -0.680. The zero-order valence-electron chi connectivity index (χ0n) is 5.73. The summed E-state index contributed by atoms with van der Waals surface area (Å²) in [6, 6.07) is 0. The molecule has 1 fully saturated rings. The highest BCUT2D eigenvalue weighted by Gasteiger charge is 2.24. The van der Waals surface area contributed by atoms with E-state index in [1.807, 2.05) is 0 Å². The molecule has 0 N–H and O–H groups in total. The standard InChI is InChI=1S/C6H8O4S/c7-6-9-4-5(10-6)8-2-1-3-11/h1,3,5,11H,2,4H2/b3-1-. The van der Waals surface area contributed by atoms with Gasteiger partial charge in [-0.2, -0.15) is 12.6 Å². The summed E-state index contributed by atoms with van der Waals surface area (Å²) in [6.45, 7) is 0.532. The summed E-state index contributed by atoms with van der Waals surface area (Å²) in [5.74, 6) is 0. The Kier molecular flexibility index (Phi) is 3.25. The zero-order chi connectivity index (χ0) is 8.10. The Labute approximate surface area is 69.5 Å². The van der Waals surface area contributed by atoms with E-state index >= 15 is 0 Å². The third kappa shape index (κ3) is 2.81. The van der Waals surface area contributed by atoms with Gasteiger partial charge in [0.15, 0.2) is 6.61 Å². The normalized spacial score (nSPS) is 23.7. The summed E-state index contributed by atoms with van der Waals surface area (Å²) in [5, 5.41) is 1.55. The Bertz CT molecular complexity index is 168. The number of carbonyl (C=O) groups excluding carboxylic acids is 1. The van der Waals surface area contributed by atoms with E-state index in [-0.39, 0.29) is 6.61 Å². The Morgan fingerprint density at radius 2 is 2.64 bits per heavy atom. The number of rotatable bonds is 3. The van der Waals surface area contributed by atoms with Crippen molar-refractivity contribution in [3.8, 4) is 0 Å². The molecule has 0 aromatic carbocycles. The summed E-state index contributed by atoms with van der Waals surface area (Å²) in [6.07, 6.45) is 0.451. The van der Waals surface area contributed by atoms with Gasteiger partial charge in [0.2, 0.25) is 6.29 Å². The highest BCUT2D eigenvalue weighted by atomic mass is 32.1. The minimum atomic E-state index is -0.676. The van der Waals surface area contributed by atoms with Crippen LogP contribution in [0.5, 0.6) is 0 Å². The molecule has 1 aliphatic heterocycles. The van der Waals surface area contributed by atoms with Gasteiger partial charge in [-0.25, -0.2) is 4.79 Å². The zero-order valence-corrected chi connectivity index (χ0v) is 6.62. The molecule has 1 atom stereocenters. The van der Waals surface area contributed by atoms with Crippen molar-refractivity contribution in [2.75, 3.05) is 13.2 Å². The molecule has 0 saturated carbocycles. The van der Waals surface area contributed by atoms with E-state index in [9.17, 15) is 4.79 Å². The number of hydrogen-bond donors (Lipinski definition) is 1. The van der Waals surface area contributed by atoms with Crippen LogP contribution >= 0.6 is 12.6 Å². The third-order valence-electron chi connectivity index (χ3n) is 1.05. The predicted molar refractivity (Wildman–Crippen MR) is 40.3 cm³/mol. The van der Waals surface area contributed by atoms with E-state index in [2.05, 4.69) is 22.1 Å². The van der Waals surface area contributed by atoms with Gasteiger partial charge >= 0.3 is 6.16 Å². The van der Waals surface area contributed by atoms with Crippen LogP contribution in [-0.2, 0) is 14.2 Å². The van der Waals surface area contributed by atoms with Crippen molar-refractivity contribution >= 4 is 18.8 Å². The van der Waals surface area contributed by atoms with Gasteiger partial charge in [0.05, 0.1) is 6.61 Å². The minimum absolute atomic E-state index is 0.166. The lowest BCUT2D eigenvalue weighted by Gasteiger charge is -2.03. The average Bonchev–Trinajstić information content (AvgIpc) is 2.37. The molecule has 62 valence electrons. The van der Waals surface area contributed by atoms with Gasteiger partial charge in [-0.1, -0.05) is 6.08 Å². The first-order chi connectivity index (χ1) is 5.33. The summed E-state index contributed by atoms with van der Waals surface area (Å²) < 4.78 is 14.0. The van der Waals surface area contributed by atoms with Crippen molar-refractivity contribution in [3.63, 3.8) is 0 Å². The molecule has 0 aromatic rings. The molecule has 0 spiro atoms. The molecule has 0 aliphatic carbocycles. The van der Waals surface area contributed by atoms with Crippen LogP contribution in [0.1, 0.15) is 0 Å². The van der Waals surface area contributed by atoms with Crippen molar-refractivity contribution in [1.82, 2.24) is 0 Å². The summed E-state index contributed by atoms with van der Waals surface area (Å²) in [5.41, 5.74) is 0. The van der Waals surface area contributed by atoms with E-state index in [0.717, 1.165) is 0 Å². The number of carbonyl (C=O) groups is 1. The molecule has 1 rings (SSSR count). The maximum absolute atomic E-state index is 10.3. The summed E-state index contributed by atoms with van der Waals surface area (Å²) in [7, 11) is 0. The highest BCUT2D eigenvalue weighted by Crippen LogP contribution is 2.06. The van der Waals surface area contributed by atoms with Gasteiger partial charge in [-0.05, 0) is 5.41 Å². The topological polar surface area (TPSA) is 44.8 Å². The van der Waals surface area contributed by atoms with E-state index in [0.29, 0.717) is 6.61 Å². The van der Waals surface area contributed by atoms with Gasteiger partial charge < -0.3 is 14.2 Å². The van der Waals surface area contributed by atoms with Gasteiger partial charge in [-0.3, -0.25) is 0 Å². The highest BCUT2D eigenvalue weighted by molar-refractivity contribution is 7.83. The number of hydrogen-bond acceptors (Lipinski definition) is 5. The van der Waals surface area contributed by atoms with Gasteiger partial charge in [0, 0.05) is 0 Å². The molecule has 1 saturated heterocycles. The van der Waals surface area contributed by atoms with Crippen LogP contribution < -0.4 is 0 Å². The molecular weight excluding hydrogens is 168 g/mol. The van der Waals surface area contributed by atoms with Gasteiger partial charge in [-0.15, -0.1) is 0 Å². The van der Waals surface area contributed by atoms with Crippen LogP contribution in [0.4, 0.5) is 4.79 Å². The van der Waals surface area contributed by atoms with Crippen LogP contribution in [0.25, 0.3) is 0 Å². The number of ether oxygens (including phenoxy) is 3. The fourth-order valence-electron chi connectivity index (χ4n) is 0.599. The second-order valence-corrected chi connectivity index (χ2v) is 2.12. The van der Waals surface area contributed by atoms with Crippen molar-refractivity contribution in [3.05, 3.63) is 11.5 Å². The monoisotopic (exact) mass is 176 g/mol. The molecule has 0 bridgehead atoms. The molecule has 5 heteroatoms. The average molecular weight is 176 g/mol. The lowest BCUT2D eigenvalue weighted by molar-refractivity contribution is -0.0660. The predicted octanol–water partition coefficient (Wildman–Crippen LogP) is 0.939. The van der Waals surface area contributed by atoms with Crippen LogP contribution in [0.15, 0.2) is 11.5 Å². The van der Waals surface area contributed by atoms with E-state index < -0.39 is 12.4 Å². The smallest absolute Gasteiger partial charge is 0.428 e. The first-order valence-corrected chi connectivity index (χ1v) is 3.59. The molecule has 4 nitrogen and oxygen atoms in total. The SMILES string of the molecule is O=C1OCC(OC/C=C\S)O1. The van der Waals surface area contributed by atoms with E-state index in [1.165, 1.54) is 0 Å². The van der Waals surface area contributed by atoms with Crippen LogP contribution in [0, 0.1) is 0 Å². The molecule has 0 radical (unpaired) electrons. The summed E-state index contributed by atoms with van der Waals surface area (Å²) >= 11 is 3.82. The first-order valence-electron chi connectivity index (χ1n) is 3.07. The van der Waals surface area contributed by atoms with Crippen LogP contribution in [-0.4, -0.2) is 25.7 Å². The molecule has 1 heterocycles. The summed E-state index contributed by atoms with van der Waals surface area (Å²) in [4.78, 5) is 10.3. The van der Waals surface area contributed by atoms with Crippen molar-refractivity contribution in [2.24, 2.45) is 0 Å². The van der Waals surface area contributed by atoms with Crippen LogP contribution in [0.2, 0.25) is 0 Å². The van der Waals surface area contributed by atoms with Crippen molar-refractivity contribution < 1.29 is 19.0 Å². The Balaban J connectivity index is 2.13. The van der Waals surface area contributed by atoms with Crippen molar-refractivity contribution in [2.45, 2.75) is 6.29 Å². The molecule has 1 aliphatic rings. The lowest BCUT2D eigenvalue weighted by Crippen LogP contribution is -2.14. The Morgan fingerprint density at radius 1 is 1.82 bits per heavy atom. The lowest BCUT2D eigenvalue weighted by atomic mass is 10.6. The maximum atomic E-state index is 10.3. The van der Waals surface area contributed by atoms with E-state index in [4.69, 9.17) is 4.74 Å². The van der Waals surface area contributed by atoms with Crippen molar-refractivity contribution in [1.29, 1.82) is 0 Å². The fourth-order valence-corrected chi connectivity index (χ4v) is 0.686.